The summed E-state index contributed by atoms with van der Waals surface area (Å²) in [5.74, 6) is 1.15. The van der Waals surface area contributed by atoms with Crippen molar-refractivity contribution >= 4 is 11.8 Å². The van der Waals surface area contributed by atoms with E-state index in [0.29, 0.717) is 43.4 Å². The Hall–Kier alpha value is -2.82. The molecule has 1 unspecified atom stereocenters. The fourth-order valence-electron chi connectivity index (χ4n) is 3.74. The second-order valence-electron chi connectivity index (χ2n) is 8.32. The fourth-order valence-corrected chi connectivity index (χ4v) is 3.74. The van der Waals surface area contributed by atoms with Gasteiger partial charge in [-0.2, -0.15) is 0 Å². The number of benzene rings is 2. The Kier molecular flexibility index (Phi) is 7.14. The van der Waals surface area contributed by atoms with Gasteiger partial charge in [-0.25, -0.2) is 0 Å². The lowest BCUT2D eigenvalue weighted by molar-refractivity contribution is -0.137. The van der Waals surface area contributed by atoms with E-state index < -0.39 is 6.10 Å². The summed E-state index contributed by atoms with van der Waals surface area (Å²) < 4.78 is 5.89. The van der Waals surface area contributed by atoms with Crippen LogP contribution >= 0.6 is 0 Å². The van der Waals surface area contributed by atoms with E-state index in [4.69, 9.17) is 4.74 Å². The standard InChI is InChI=1S/C25H32N2O3/c1-18(2)21-9-11-23(12-10-21)30-20(4)24(28)26-13-6-14-27(16-15-26)25(29)22-8-5-7-19(3)17-22/h5,7-12,17-18,20H,6,13-16H2,1-4H3. The van der Waals surface area contributed by atoms with Gasteiger partial charge in [0.25, 0.3) is 11.8 Å². The summed E-state index contributed by atoms with van der Waals surface area (Å²) in [5.41, 5.74) is 3.02. The second-order valence-corrected chi connectivity index (χ2v) is 8.32. The first-order valence-electron chi connectivity index (χ1n) is 10.8. The van der Waals surface area contributed by atoms with Crippen molar-refractivity contribution in [2.24, 2.45) is 0 Å². The Balaban J connectivity index is 1.57. The van der Waals surface area contributed by atoms with Gasteiger partial charge in [0.2, 0.25) is 0 Å². The highest BCUT2D eigenvalue weighted by molar-refractivity contribution is 5.94. The Bertz CT molecular complexity index is 876. The van der Waals surface area contributed by atoms with E-state index in [9.17, 15) is 9.59 Å². The number of amides is 2. The Morgan fingerprint density at radius 3 is 2.23 bits per heavy atom. The highest BCUT2D eigenvalue weighted by Crippen LogP contribution is 2.20. The molecular formula is C25H32N2O3. The highest BCUT2D eigenvalue weighted by Gasteiger charge is 2.26. The molecule has 2 aromatic rings. The zero-order valence-corrected chi connectivity index (χ0v) is 18.4. The van der Waals surface area contributed by atoms with Crippen LogP contribution in [0.5, 0.6) is 5.75 Å². The van der Waals surface area contributed by atoms with Crippen molar-refractivity contribution in [1.29, 1.82) is 0 Å². The SMILES string of the molecule is Cc1cccc(C(=O)N2CCCN(C(=O)C(C)Oc3ccc(C(C)C)cc3)CC2)c1. The molecule has 1 fully saturated rings. The van der Waals surface area contributed by atoms with Crippen LogP contribution in [-0.2, 0) is 4.79 Å². The molecule has 0 aliphatic carbocycles. The molecule has 1 saturated heterocycles. The lowest BCUT2D eigenvalue weighted by Gasteiger charge is -2.25. The molecule has 1 atom stereocenters. The normalized spacial score (nSPS) is 15.6. The number of nitrogens with zero attached hydrogens (tertiary/aromatic N) is 2. The molecule has 5 nitrogen and oxygen atoms in total. The molecule has 30 heavy (non-hydrogen) atoms. The van der Waals surface area contributed by atoms with Crippen molar-refractivity contribution < 1.29 is 14.3 Å². The van der Waals surface area contributed by atoms with E-state index >= 15 is 0 Å². The van der Waals surface area contributed by atoms with Gasteiger partial charge in [-0.05, 0) is 56.0 Å². The molecular weight excluding hydrogens is 376 g/mol. The van der Waals surface area contributed by atoms with Crippen molar-refractivity contribution in [3.05, 3.63) is 65.2 Å². The van der Waals surface area contributed by atoms with Crippen LogP contribution in [0.4, 0.5) is 0 Å². The van der Waals surface area contributed by atoms with E-state index in [1.165, 1.54) is 5.56 Å². The van der Waals surface area contributed by atoms with Gasteiger partial charge in [0.05, 0.1) is 0 Å². The molecule has 0 radical (unpaired) electrons. The van der Waals surface area contributed by atoms with E-state index in [1.54, 1.807) is 6.92 Å². The van der Waals surface area contributed by atoms with E-state index in [0.717, 1.165) is 12.0 Å². The molecule has 0 saturated carbocycles. The predicted molar refractivity (Wildman–Crippen MR) is 119 cm³/mol. The number of carbonyl (C=O) groups excluding carboxylic acids is 2. The maximum absolute atomic E-state index is 12.9. The van der Waals surface area contributed by atoms with E-state index in [1.807, 2.05) is 65.3 Å². The van der Waals surface area contributed by atoms with Crippen LogP contribution in [-0.4, -0.2) is 53.9 Å². The lowest BCUT2D eigenvalue weighted by atomic mass is 10.0. The summed E-state index contributed by atoms with van der Waals surface area (Å²) in [6, 6.07) is 15.6. The van der Waals surface area contributed by atoms with Crippen molar-refractivity contribution in [3.8, 4) is 5.75 Å². The predicted octanol–water partition coefficient (Wildman–Crippen LogP) is 4.26. The highest BCUT2D eigenvalue weighted by atomic mass is 16.5. The number of rotatable bonds is 5. The van der Waals surface area contributed by atoms with Crippen molar-refractivity contribution in [2.45, 2.75) is 46.1 Å². The number of carbonyl (C=O) groups is 2. The molecule has 3 rings (SSSR count). The monoisotopic (exact) mass is 408 g/mol. The molecule has 0 bridgehead atoms. The smallest absolute Gasteiger partial charge is 0.263 e. The Morgan fingerprint density at radius 1 is 0.900 bits per heavy atom. The average Bonchev–Trinajstić information content (AvgIpc) is 2.99. The van der Waals surface area contributed by atoms with Crippen molar-refractivity contribution in [3.63, 3.8) is 0 Å². The zero-order chi connectivity index (χ0) is 21.7. The van der Waals surface area contributed by atoms with Crippen LogP contribution in [0, 0.1) is 6.92 Å². The van der Waals surface area contributed by atoms with Gasteiger partial charge < -0.3 is 14.5 Å². The van der Waals surface area contributed by atoms with Gasteiger partial charge in [-0.1, -0.05) is 43.7 Å². The zero-order valence-electron chi connectivity index (χ0n) is 18.4. The van der Waals surface area contributed by atoms with Gasteiger partial charge >= 0.3 is 0 Å². The minimum absolute atomic E-state index is 0.0301. The molecule has 0 N–H and O–H groups in total. The van der Waals surface area contributed by atoms with Crippen LogP contribution in [0.3, 0.4) is 0 Å². The summed E-state index contributed by atoms with van der Waals surface area (Å²) in [5, 5.41) is 0. The third kappa shape index (κ3) is 5.41. The van der Waals surface area contributed by atoms with Gasteiger partial charge in [0, 0.05) is 31.7 Å². The van der Waals surface area contributed by atoms with Gasteiger partial charge in [-0.3, -0.25) is 9.59 Å². The number of ether oxygens (including phenoxy) is 1. The lowest BCUT2D eigenvalue weighted by Crippen LogP contribution is -2.43. The molecule has 0 aromatic heterocycles. The first-order valence-corrected chi connectivity index (χ1v) is 10.8. The molecule has 2 aromatic carbocycles. The Labute approximate surface area is 179 Å². The van der Waals surface area contributed by atoms with Crippen LogP contribution in [0.25, 0.3) is 0 Å². The molecule has 5 heteroatoms. The molecule has 1 heterocycles. The Morgan fingerprint density at radius 2 is 1.57 bits per heavy atom. The van der Waals surface area contributed by atoms with E-state index in [2.05, 4.69) is 13.8 Å². The van der Waals surface area contributed by atoms with Gasteiger partial charge in [-0.15, -0.1) is 0 Å². The van der Waals surface area contributed by atoms with Crippen molar-refractivity contribution in [1.82, 2.24) is 9.80 Å². The minimum atomic E-state index is -0.561. The summed E-state index contributed by atoms with van der Waals surface area (Å²) >= 11 is 0. The summed E-state index contributed by atoms with van der Waals surface area (Å²) in [4.78, 5) is 29.4. The number of hydrogen-bond acceptors (Lipinski definition) is 3. The largest absolute Gasteiger partial charge is 0.481 e. The quantitative estimate of drug-likeness (QED) is 0.743. The van der Waals surface area contributed by atoms with Gasteiger partial charge in [0.1, 0.15) is 5.75 Å². The number of hydrogen-bond donors (Lipinski definition) is 0. The maximum Gasteiger partial charge on any atom is 0.263 e. The summed E-state index contributed by atoms with van der Waals surface area (Å²) in [7, 11) is 0. The summed E-state index contributed by atoms with van der Waals surface area (Å²) in [6.45, 7) is 10.4. The van der Waals surface area contributed by atoms with Crippen LogP contribution in [0.2, 0.25) is 0 Å². The summed E-state index contributed by atoms with van der Waals surface area (Å²) in [6.07, 6.45) is 0.202. The molecule has 0 spiro atoms. The van der Waals surface area contributed by atoms with E-state index in [-0.39, 0.29) is 11.8 Å². The second kappa shape index (κ2) is 9.79. The van der Waals surface area contributed by atoms with Crippen LogP contribution in [0.15, 0.2) is 48.5 Å². The fraction of sp³-hybridized carbons (Fsp3) is 0.440. The first-order chi connectivity index (χ1) is 14.3. The first kappa shape index (κ1) is 21.9. The van der Waals surface area contributed by atoms with Crippen LogP contribution < -0.4 is 4.74 Å². The minimum Gasteiger partial charge on any atom is -0.481 e. The average molecular weight is 409 g/mol. The molecule has 1 aliphatic rings. The third-order valence-corrected chi connectivity index (χ3v) is 5.57. The van der Waals surface area contributed by atoms with Crippen molar-refractivity contribution in [2.75, 3.05) is 26.2 Å². The topological polar surface area (TPSA) is 49.9 Å². The molecule has 2 amide bonds. The van der Waals surface area contributed by atoms with Crippen LogP contribution in [0.1, 0.15) is 54.6 Å². The third-order valence-electron chi connectivity index (χ3n) is 5.57. The molecule has 1 aliphatic heterocycles. The maximum atomic E-state index is 12.9. The van der Waals surface area contributed by atoms with Gasteiger partial charge in [0.15, 0.2) is 6.10 Å². The number of aryl methyl sites for hydroxylation is 1. The molecule has 160 valence electrons.